The van der Waals surface area contributed by atoms with Gasteiger partial charge in [-0.1, -0.05) is 17.8 Å². The fourth-order valence-corrected chi connectivity index (χ4v) is 3.17. The van der Waals surface area contributed by atoms with Crippen molar-refractivity contribution in [3.05, 3.63) is 41.7 Å². The van der Waals surface area contributed by atoms with Gasteiger partial charge in [-0.05, 0) is 44.4 Å². The molecule has 1 N–H and O–H groups in total. The summed E-state index contributed by atoms with van der Waals surface area (Å²) in [5.74, 6) is -0.807. The molecule has 1 aromatic carbocycles. The summed E-state index contributed by atoms with van der Waals surface area (Å²) in [6.45, 7) is 3.41. The molecule has 1 aromatic heterocycles. The third-order valence-corrected chi connectivity index (χ3v) is 4.54. The van der Waals surface area contributed by atoms with E-state index in [9.17, 15) is 9.59 Å². The van der Waals surface area contributed by atoms with Crippen LogP contribution in [0.25, 0.3) is 0 Å². The molecule has 0 fully saturated rings. The Labute approximate surface area is 155 Å². The molecule has 0 spiro atoms. The third kappa shape index (κ3) is 6.75. The first kappa shape index (κ1) is 19.3. The number of amides is 1. The third-order valence-electron chi connectivity index (χ3n) is 3.00. The van der Waals surface area contributed by atoms with Crippen molar-refractivity contribution in [3.8, 4) is 0 Å². The van der Waals surface area contributed by atoms with Crippen LogP contribution in [0.3, 0.4) is 0 Å². The highest BCUT2D eigenvalue weighted by Crippen LogP contribution is 2.19. The van der Waals surface area contributed by atoms with Crippen LogP contribution in [0.4, 0.5) is 5.69 Å². The minimum atomic E-state index is -0.485. The molecular weight excluding hydrogens is 358 g/mol. The first-order chi connectivity index (χ1) is 12.0. The van der Waals surface area contributed by atoms with Gasteiger partial charge in [0.1, 0.15) is 0 Å². The zero-order valence-corrected chi connectivity index (χ0v) is 15.9. The van der Waals surface area contributed by atoms with Crippen LogP contribution >= 0.6 is 23.5 Å². The average molecular weight is 377 g/mol. The first-order valence-corrected chi connectivity index (χ1v) is 9.72. The number of esters is 1. The van der Waals surface area contributed by atoms with Crippen molar-refractivity contribution in [2.75, 3.05) is 23.9 Å². The second-order valence-corrected chi connectivity index (χ2v) is 6.98. The molecular formula is C17H19N3O3S2. The van der Waals surface area contributed by atoms with Gasteiger partial charge in [0.25, 0.3) is 5.91 Å². The number of anilines is 1. The van der Waals surface area contributed by atoms with E-state index in [0.717, 1.165) is 16.3 Å². The molecule has 6 nitrogen and oxygen atoms in total. The molecule has 0 radical (unpaired) electrons. The van der Waals surface area contributed by atoms with Crippen molar-refractivity contribution in [1.29, 1.82) is 0 Å². The second-order valence-electron chi connectivity index (χ2n) is 5.16. The Hall–Kier alpha value is -2.06. The number of hydrogen-bond acceptors (Lipinski definition) is 7. The van der Waals surface area contributed by atoms with Gasteiger partial charge in [-0.2, -0.15) is 0 Å². The van der Waals surface area contributed by atoms with E-state index in [1.54, 1.807) is 17.8 Å². The Balaban J connectivity index is 1.76. The number of aryl methyl sites for hydroxylation is 2. The van der Waals surface area contributed by atoms with Gasteiger partial charge in [0.05, 0.1) is 5.75 Å². The van der Waals surface area contributed by atoms with Crippen LogP contribution in [0.15, 0.2) is 40.4 Å². The van der Waals surface area contributed by atoms with Crippen LogP contribution < -0.4 is 5.32 Å². The van der Waals surface area contributed by atoms with E-state index >= 15 is 0 Å². The number of carbonyl (C=O) groups excluding carboxylic acids is 2. The molecule has 0 aliphatic rings. The number of nitrogens with one attached hydrogen (secondary N) is 1. The Morgan fingerprint density at radius 1 is 1.16 bits per heavy atom. The summed E-state index contributed by atoms with van der Waals surface area (Å²) in [7, 11) is 0. The fourth-order valence-electron chi connectivity index (χ4n) is 1.97. The quantitative estimate of drug-likeness (QED) is 0.451. The second kappa shape index (κ2) is 9.43. The molecule has 132 valence electrons. The van der Waals surface area contributed by atoms with Crippen LogP contribution in [-0.2, 0) is 14.3 Å². The van der Waals surface area contributed by atoms with Crippen LogP contribution in [-0.4, -0.2) is 40.5 Å². The number of aromatic nitrogens is 2. The van der Waals surface area contributed by atoms with E-state index in [4.69, 9.17) is 4.74 Å². The maximum Gasteiger partial charge on any atom is 0.316 e. The molecule has 8 heteroatoms. The Morgan fingerprint density at radius 3 is 2.56 bits per heavy atom. The summed E-state index contributed by atoms with van der Waals surface area (Å²) < 4.78 is 4.98. The van der Waals surface area contributed by atoms with Crippen molar-refractivity contribution in [3.63, 3.8) is 0 Å². The molecule has 0 saturated carbocycles. The molecule has 0 unspecified atom stereocenters. The highest BCUT2D eigenvalue weighted by atomic mass is 32.2. The van der Waals surface area contributed by atoms with E-state index in [0.29, 0.717) is 10.8 Å². The predicted molar refractivity (Wildman–Crippen MR) is 100 cm³/mol. The molecule has 0 bridgehead atoms. The van der Waals surface area contributed by atoms with Crippen molar-refractivity contribution in [2.45, 2.75) is 23.9 Å². The molecule has 2 aromatic rings. The smallest absolute Gasteiger partial charge is 0.316 e. The highest BCUT2D eigenvalue weighted by Gasteiger charge is 2.10. The van der Waals surface area contributed by atoms with Gasteiger partial charge >= 0.3 is 5.97 Å². The van der Waals surface area contributed by atoms with Gasteiger partial charge in [-0.25, -0.2) is 9.97 Å². The van der Waals surface area contributed by atoms with E-state index in [1.165, 1.54) is 11.8 Å². The Kier molecular flexibility index (Phi) is 7.27. The average Bonchev–Trinajstić information content (AvgIpc) is 2.57. The van der Waals surface area contributed by atoms with Gasteiger partial charge in [0.2, 0.25) is 0 Å². The van der Waals surface area contributed by atoms with E-state index < -0.39 is 5.97 Å². The predicted octanol–water partition coefficient (Wildman–Crippen LogP) is 3.09. The van der Waals surface area contributed by atoms with Crippen molar-refractivity contribution >= 4 is 41.1 Å². The Bertz CT molecular complexity index is 748. The minimum absolute atomic E-state index is 0.0537. The summed E-state index contributed by atoms with van der Waals surface area (Å²) in [6, 6.07) is 9.31. The molecule has 0 atom stereocenters. The van der Waals surface area contributed by atoms with Gasteiger partial charge in [-0.15, -0.1) is 11.8 Å². The number of thioether (sulfide) groups is 2. The fraction of sp³-hybridized carbons (Fsp3) is 0.294. The van der Waals surface area contributed by atoms with Gasteiger partial charge in [0, 0.05) is 22.0 Å². The van der Waals surface area contributed by atoms with Crippen LogP contribution in [0.1, 0.15) is 11.4 Å². The first-order valence-electron chi connectivity index (χ1n) is 7.51. The minimum Gasteiger partial charge on any atom is -0.455 e. The zero-order chi connectivity index (χ0) is 18.2. The largest absolute Gasteiger partial charge is 0.455 e. The molecule has 25 heavy (non-hydrogen) atoms. The maximum absolute atomic E-state index is 11.9. The van der Waals surface area contributed by atoms with Gasteiger partial charge < -0.3 is 10.1 Å². The van der Waals surface area contributed by atoms with E-state index in [1.807, 2.05) is 44.4 Å². The highest BCUT2D eigenvalue weighted by molar-refractivity contribution is 7.99. The lowest BCUT2D eigenvalue weighted by molar-refractivity contribution is -0.144. The normalized spacial score (nSPS) is 10.4. The molecule has 0 aliphatic heterocycles. The number of nitrogens with zero attached hydrogens (tertiary/aromatic N) is 2. The Morgan fingerprint density at radius 2 is 1.88 bits per heavy atom. The summed E-state index contributed by atoms with van der Waals surface area (Å²) in [5.41, 5.74) is 2.36. The van der Waals surface area contributed by atoms with Crippen LogP contribution in [0, 0.1) is 13.8 Å². The number of hydrogen-bond donors (Lipinski definition) is 1. The number of rotatable bonds is 7. The number of ether oxygens (including phenoxy) is 1. The number of benzene rings is 1. The summed E-state index contributed by atoms with van der Waals surface area (Å²) >= 11 is 2.77. The topological polar surface area (TPSA) is 81.2 Å². The lowest BCUT2D eigenvalue weighted by Crippen LogP contribution is -2.21. The maximum atomic E-state index is 11.9. The summed E-state index contributed by atoms with van der Waals surface area (Å²) in [6.07, 6.45) is 1.96. The molecule has 0 saturated heterocycles. The standard InChI is InChI=1S/C17H19N3O3S2/c1-11-7-12(2)19-17(18-11)25-10-16(22)23-9-15(21)20-13-5-4-6-14(8-13)24-3/h4-8H,9-10H2,1-3H3,(H,20,21). The van der Waals surface area contributed by atoms with E-state index in [2.05, 4.69) is 15.3 Å². The van der Waals surface area contributed by atoms with Crippen molar-refractivity contribution in [1.82, 2.24) is 9.97 Å². The van der Waals surface area contributed by atoms with Gasteiger partial charge in [-0.3, -0.25) is 9.59 Å². The van der Waals surface area contributed by atoms with Gasteiger partial charge in [0.15, 0.2) is 11.8 Å². The molecule has 1 heterocycles. The molecule has 0 aliphatic carbocycles. The van der Waals surface area contributed by atoms with Crippen molar-refractivity contribution in [2.24, 2.45) is 0 Å². The summed E-state index contributed by atoms with van der Waals surface area (Å²) in [5, 5.41) is 3.22. The van der Waals surface area contributed by atoms with Crippen LogP contribution in [0.2, 0.25) is 0 Å². The molecule has 1 amide bonds. The lowest BCUT2D eigenvalue weighted by atomic mass is 10.3. The van der Waals surface area contributed by atoms with E-state index in [-0.39, 0.29) is 18.3 Å². The monoisotopic (exact) mass is 377 g/mol. The lowest BCUT2D eigenvalue weighted by Gasteiger charge is -2.07. The number of carbonyl (C=O) groups is 2. The zero-order valence-electron chi connectivity index (χ0n) is 14.2. The van der Waals surface area contributed by atoms with Crippen molar-refractivity contribution < 1.29 is 14.3 Å². The van der Waals surface area contributed by atoms with Crippen LogP contribution in [0.5, 0.6) is 0 Å². The molecule has 2 rings (SSSR count). The SMILES string of the molecule is CSc1cccc(NC(=O)COC(=O)CSc2nc(C)cc(C)n2)c1. The summed E-state index contributed by atoms with van der Waals surface area (Å²) in [4.78, 5) is 33.1.